The summed E-state index contributed by atoms with van der Waals surface area (Å²) in [7, 11) is 0. The summed E-state index contributed by atoms with van der Waals surface area (Å²) >= 11 is 0. The molecule has 0 radical (unpaired) electrons. The van der Waals surface area contributed by atoms with Gasteiger partial charge in [0.2, 0.25) is 0 Å². The van der Waals surface area contributed by atoms with Crippen molar-refractivity contribution in [3.8, 4) is 0 Å². The maximum atomic E-state index is 3.73. The third kappa shape index (κ3) is 2.50. The van der Waals surface area contributed by atoms with Crippen molar-refractivity contribution in [2.24, 2.45) is 17.8 Å². The van der Waals surface area contributed by atoms with Gasteiger partial charge in [-0.15, -0.1) is 0 Å². The van der Waals surface area contributed by atoms with E-state index in [1.807, 2.05) is 0 Å². The van der Waals surface area contributed by atoms with Crippen LogP contribution in [-0.2, 0) is 0 Å². The van der Waals surface area contributed by atoms with Crippen molar-refractivity contribution < 1.29 is 0 Å². The van der Waals surface area contributed by atoms with E-state index in [0.717, 1.165) is 30.3 Å². The Morgan fingerprint density at radius 1 is 1.21 bits per heavy atom. The summed E-state index contributed by atoms with van der Waals surface area (Å²) in [5, 5.41) is 3.73. The molecule has 0 aliphatic heterocycles. The molecule has 14 heavy (non-hydrogen) atoms. The van der Waals surface area contributed by atoms with Crippen LogP contribution in [0.4, 0.5) is 0 Å². The first-order valence-electron chi connectivity index (χ1n) is 6.54. The Hall–Kier alpha value is -0.0400. The molecule has 2 aliphatic carbocycles. The third-order valence-electron chi connectivity index (χ3n) is 4.20. The molecule has 2 aliphatic rings. The van der Waals surface area contributed by atoms with Crippen LogP contribution in [0, 0.1) is 17.8 Å². The molecule has 0 amide bonds. The molecule has 3 atom stereocenters. The van der Waals surface area contributed by atoms with Crippen LogP contribution < -0.4 is 5.32 Å². The predicted octanol–water partition coefficient (Wildman–Crippen LogP) is 3.20. The minimum atomic E-state index is 0.838. The van der Waals surface area contributed by atoms with Crippen LogP contribution in [0.15, 0.2) is 0 Å². The van der Waals surface area contributed by atoms with Crippen LogP contribution in [0.3, 0.4) is 0 Å². The van der Waals surface area contributed by atoms with Gasteiger partial charge in [-0.05, 0) is 37.1 Å². The second-order valence-electron chi connectivity index (χ2n) is 5.42. The molecular weight excluding hydrogens is 170 g/mol. The molecule has 0 aromatic heterocycles. The minimum Gasteiger partial charge on any atom is -0.314 e. The van der Waals surface area contributed by atoms with Gasteiger partial charge in [0.25, 0.3) is 0 Å². The molecule has 3 unspecified atom stereocenters. The third-order valence-corrected chi connectivity index (χ3v) is 4.20. The highest BCUT2D eigenvalue weighted by Crippen LogP contribution is 2.40. The van der Waals surface area contributed by atoms with Crippen LogP contribution in [0.25, 0.3) is 0 Å². The minimum absolute atomic E-state index is 0.838. The van der Waals surface area contributed by atoms with Crippen LogP contribution in [0.1, 0.15) is 52.4 Å². The van der Waals surface area contributed by atoms with E-state index in [2.05, 4.69) is 19.2 Å². The highest BCUT2D eigenvalue weighted by molar-refractivity contribution is 4.88. The predicted molar refractivity (Wildman–Crippen MR) is 61.3 cm³/mol. The highest BCUT2D eigenvalue weighted by atomic mass is 14.9. The first-order valence-corrected chi connectivity index (χ1v) is 6.54. The molecule has 0 aromatic carbocycles. The standard InChI is InChI=1S/C13H25N/c1-3-14-13(9-11-7-8-11)12-6-4-5-10(12)2/h10-14H,3-9H2,1-2H3. The molecule has 2 rings (SSSR count). The molecule has 2 fully saturated rings. The van der Waals surface area contributed by atoms with E-state index in [-0.39, 0.29) is 0 Å². The average Bonchev–Trinajstić information content (AvgIpc) is 2.87. The van der Waals surface area contributed by atoms with Gasteiger partial charge in [-0.3, -0.25) is 0 Å². The van der Waals surface area contributed by atoms with Gasteiger partial charge in [0, 0.05) is 6.04 Å². The van der Waals surface area contributed by atoms with E-state index >= 15 is 0 Å². The smallest absolute Gasteiger partial charge is 0.0100 e. The van der Waals surface area contributed by atoms with E-state index in [1.165, 1.54) is 38.5 Å². The molecule has 2 saturated carbocycles. The van der Waals surface area contributed by atoms with Gasteiger partial charge in [0.05, 0.1) is 0 Å². The van der Waals surface area contributed by atoms with Gasteiger partial charge < -0.3 is 5.32 Å². The largest absolute Gasteiger partial charge is 0.314 e. The Kier molecular flexibility index (Phi) is 3.48. The summed E-state index contributed by atoms with van der Waals surface area (Å²) in [6.45, 7) is 5.86. The fraction of sp³-hybridized carbons (Fsp3) is 1.00. The van der Waals surface area contributed by atoms with Crippen molar-refractivity contribution in [2.45, 2.75) is 58.4 Å². The summed E-state index contributed by atoms with van der Waals surface area (Å²) in [6, 6.07) is 0.838. The molecule has 1 heteroatoms. The van der Waals surface area contributed by atoms with Crippen molar-refractivity contribution in [3.63, 3.8) is 0 Å². The SMILES string of the molecule is CCNC(CC1CC1)C1CCCC1C. The first kappa shape index (κ1) is 10.5. The van der Waals surface area contributed by atoms with E-state index in [1.54, 1.807) is 0 Å². The molecule has 1 N–H and O–H groups in total. The van der Waals surface area contributed by atoms with Crippen molar-refractivity contribution in [2.75, 3.05) is 6.54 Å². The quantitative estimate of drug-likeness (QED) is 0.710. The Morgan fingerprint density at radius 3 is 2.50 bits per heavy atom. The molecule has 0 spiro atoms. The van der Waals surface area contributed by atoms with Gasteiger partial charge in [-0.1, -0.05) is 39.5 Å². The maximum Gasteiger partial charge on any atom is 0.0100 e. The van der Waals surface area contributed by atoms with Crippen LogP contribution >= 0.6 is 0 Å². The van der Waals surface area contributed by atoms with Gasteiger partial charge in [-0.2, -0.15) is 0 Å². The zero-order valence-corrected chi connectivity index (χ0v) is 9.76. The first-order chi connectivity index (χ1) is 6.81. The second kappa shape index (κ2) is 4.65. The molecule has 0 bridgehead atoms. The molecule has 0 saturated heterocycles. The number of hydrogen-bond donors (Lipinski definition) is 1. The van der Waals surface area contributed by atoms with Crippen molar-refractivity contribution >= 4 is 0 Å². The number of hydrogen-bond acceptors (Lipinski definition) is 1. The van der Waals surface area contributed by atoms with E-state index < -0.39 is 0 Å². The van der Waals surface area contributed by atoms with Crippen LogP contribution in [0.2, 0.25) is 0 Å². The molecular formula is C13H25N. The number of nitrogens with one attached hydrogen (secondary N) is 1. The lowest BCUT2D eigenvalue weighted by molar-refractivity contribution is 0.278. The van der Waals surface area contributed by atoms with Gasteiger partial charge in [-0.25, -0.2) is 0 Å². The highest BCUT2D eigenvalue weighted by Gasteiger charge is 2.34. The van der Waals surface area contributed by atoms with E-state index in [0.29, 0.717) is 0 Å². The zero-order valence-electron chi connectivity index (χ0n) is 9.76. The summed E-state index contributed by atoms with van der Waals surface area (Å²) in [5.41, 5.74) is 0. The summed E-state index contributed by atoms with van der Waals surface area (Å²) in [6.07, 6.45) is 8.88. The Bertz CT molecular complexity index is 174. The van der Waals surface area contributed by atoms with E-state index in [9.17, 15) is 0 Å². The molecule has 82 valence electrons. The van der Waals surface area contributed by atoms with Gasteiger partial charge in [0.15, 0.2) is 0 Å². The lowest BCUT2D eigenvalue weighted by atomic mass is 9.87. The molecule has 1 nitrogen and oxygen atoms in total. The maximum absolute atomic E-state index is 3.73. The molecule has 0 aromatic rings. The average molecular weight is 195 g/mol. The fourth-order valence-corrected chi connectivity index (χ4v) is 3.16. The Morgan fingerprint density at radius 2 is 2.00 bits per heavy atom. The normalized spacial score (nSPS) is 34.7. The van der Waals surface area contributed by atoms with Crippen molar-refractivity contribution in [1.29, 1.82) is 0 Å². The van der Waals surface area contributed by atoms with Gasteiger partial charge in [0.1, 0.15) is 0 Å². The Balaban J connectivity index is 1.86. The van der Waals surface area contributed by atoms with Crippen LogP contribution in [0.5, 0.6) is 0 Å². The summed E-state index contributed by atoms with van der Waals surface area (Å²) in [5.74, 6) is 3.03. The van der Waals surface area contributed by atoms with Crippen molar-refractivity contribution in [3.05, 3.63) is 0 Å². The lowest BCUT2D eigenvalue weighted by Crippen LogP contribution is -2.37. The fourth-order valence-electron chi connectivity index (χ4n) is 3.16. The van der Waals surface area contributed by atoms with Crippen LogP contribution in [-0.4, -0.2) is 12.6 Å². The lowest BCUT2D eigenvalue weighted by Gasteiger charge is -2.27. The Labute approximate surface area is 88.7 Å². The zero-order chi connectivity index (χ0) is 9.97. The summed E-state index contributed by atoms with van der Waals surface area (Å²) < 4.78 is 0. The second-order valence-corrected chi connectivity index (χ2v) is 5.42. The number of rotatable bonds is 5. The van der Waals surface area contributed by atoms with Gasteiger partial charge >= 0.3 is 0 Å². The molecule has 0 heterocycles. The monoisotopic (exact) mass is 195 g/mol. The van der Waals surface area contributed by atoms with Crippen molar-refractivity contribution in [1.82, 2.24) is 5.32 Å². The summed E-state index contributed by atoms with van der Waals surface area (Å²) in [4.78, 5) is 0. The topological polar surface area (TPSA) is 12.0 Å². The van der Waals surface area contributed by atoms with E-state index in [4.69, 9.17) is 0 Å².